The van der Waals surface area contributed by atoms with Gasteiger partial charge in [0.2, 0.25) is 0 Å². The number of nitro groups is 1. The number of hydrogen-bond donors (Lipinski definition) is 2. The second-order valence-corrected chi connectivity index (χ2v) is 4.45. The summed E-state index contributed by atoms with van der Waals surface area (Å²) >= 11 is 0. The van der Waals surface area contributed by atoms with Gasteiger partial charge in [-0.3, -0.25) is 10.1 Å². The zero-order chi connectivity index (χ0) is 13.1. The van der Waals surface area contributed by atoms with Gasteiger partial charge >= 0.3 is 5.69 Å². The predicted molar refractivity (Wildman–Crippen MR) is 67.0 cm³/mol. The summed E-state index contributed by atoms with van der Waals surface area (Å²) in [6.07, 6.45) is 2.26. The molecule has 6 heteroatoms. The Morgan fingerprint density at radius 1 is 1.61 bits per heavy atom. The van der Waals surface area contributed by atoms with Gasteiger partial charge in [-0.15, -0.1) is 0 Å². The quantitative estimate of drug-likeness (QED) is 0.606. The number of rotatable bonds is 5. The SMILES string of the molecule is N#Cc1cccc(NCC(N)C2CC2)c1[N+](=O)[O-]. The number of nitrogens with zero attached hydrogens (tertiary/aromatic N) is 2. The first-order valence-corrected chi connectivity index (χ1v) is 5.80. The van der Waals surface area contributed by atoms with Gasteiger partial charge in [0.15, 0.2) is 0 Å². The summed E-state index contributed by atoms with van der Waals surface area (Å²) < 4.78 is 0. The Balaban J connectivity index is 2.16. The molecular formula is C12H14N4O2. The molecule has 0 radical (unpaired) electrons. The van der Waals surface area contributed by atoms with Gasteiger partial charge in [0.05, 0.1) is 4.92 Å². The van der Waals surface area contributed by atoms with Crippen LogP contribution in [0.1, 0.15) is 18.4 Å². The largest absolute Gasteiger partial charge is 0.378 e. The lowest BCUT2D eigenvalue weighted by atomic mass is 10.1. The fourth-order valence-electron chi connectivity index (χ4n) is 1.89. The van der Waals surface area contributed by atoms with Crippen molar-refractivity contribution >= 4 is 11.4 Å². The number of hydrogen-bond acceptors (Lipinski definition) is 5. The minimum atomic E-state index is -0.538. The Morgan fingerprint density at radius 3 is 2.89 bits per heavy atom. The minimum Gasteiger partial charge on any atom is -0.378 e. The number of para-hydroxylation sites is 1. The molecule has 0 heterocycles. The third-order valence-electron chi connectivity index (χ3n) is 3.09. The topological polar surface area (TPSA) is 105 Å². The van der Waals surface area contributed by atoms with E-state index in [1.54, 1.807) is 12.1 Å². The number of nitrogens with two attached hydrogens (primary N) is 1. The normalized spacial score (nSPS) is 15.8. The number of anilines is 1. The highest BCUT2D eigenvalue weighted by molar-refractivity contribution is 5.68. The van der Waals surface area contributed by atoms with Crippen LogP contribution < -0.4 is 11.1 Å². The highest BCUT2D eigenvalue weighted by atomic mass is 16.6. The summed E-state index contributed by atoms with van der Waals surface area (Å²) in [5.41, 5.74) is 6.17. The molecule has 18 heavy (non-hydrogen) atoms. The Labute approximate surface area is 105 Å². The van der Waals surface area contributed by atoms with Crippen molar-refractivity contribution in [1.82, 2.24) is 0 Å². The Kier molecular flexibility index (Phi) is 3.44. The number of nitrogens with one attached hydrogen (secondary N) is 1. The van der Waals surface area contributed by atoms with E-state index < -0.39 is 4.92 Å². The first-order chi connectivity index (χ1) is 8.63. The summed E-state index contributed by atoms with van der Waals surface area (Å²) in [4.78, 5) is 10.4. The van der Waals surface area contributed by atoms with Gasteiger partial charge in [-0.05, 0) is 30.9 Å². The van der Waals surface area contributed by atoms with Crippen LogP contribution in [-0.4, -0.2) is 17.5 Å². The lowest BCUT2D eigenvalue weighted by Gasteiger charge is -2.13. The standard InChI is InChI=1S/C12H14N4O2/c13-6-9-2-1-3-11(12(9)16(17)18)15-7-10(14)8-4-5-8/h1-3,8,10,15H,4-5,7,14H2. The van der Waals surface area contributed by atoms with Crippen molar-refractivity contribution in [3.05, 3.63) is 33.9 Å². The van der Waals surface area contributed by atoms with Gasteiger partial charge < -0.3 is 11.1 Å². The van der Waals surface area contributed by atoms with E-state index in [0.29, 0.717) is 18.2 Å². The maximum Gasteiger partial charge on any atom is 0.309 e. The van der Waals surface area contributed by atoms with E-state index in [9.17, 15) is 10.1 Å². The molecule has 1 aliphatic carbocycles. The summed E-state index contributed by atoms with van der Waals surface area (Å²) in [6.45, 7) is 0.486. The van der Waals surface area contributed by atoms with Gasteiger partial charge in [0.1, 0.15) is 17.3 Å². The van der Waals surface area contributed by atoms with Crippen LogP contribution in [0.15, 0.2) is 18.2 Å². The third-order valence-corrected chi connectivity index (χ3v) is 3.09. The van der Waals surface area contributed by atoms with Crippen molar-refractivity contribution in [2.75, 3.05) is 11.9 Å². The third kappa shape index (κ3) is 2.57. The molecular weight excluding hydrogens is 232 g/mol. The Hall–Kier alpha value is -2.13. The second kappa shape index (κ2) is 5.02. The lowest BCUT2D eigenvalue weighted by Crippen LogP contribution is -2.31. The first kappa shape index (κ1) is 12.3. The maximum absolute atomic E-state index is 11.0. The lowest BCUT2D eigenvalue weighted by molar-refractivity contribution is -0.384. The average molecular weight is 246 g/mol. The van der Waals surface area contributed by atoms with E-state index in [0.717, 1.165) is 12.8 Å². The molecule has 1 fully saturated rings. The van der Waals surface area contributed by atoms with Gasteiger partial charge in [0, 0.05) is 12.6 Å². The van der Waals surface area contributed by atoms with Gasteiger partial charge in [0.25, 0.3) is 0 Å². The molecule has 1 aromatic rings. The highest BCUT2D eigenvalue weighted by Crippen LogP contribution is 2.32. The molecule has 0 aliphatic heterocycles. The molecule has 0 bridgehead atoms. The van der Waals surface area contributed by atoms with E-state index >= 15 is 0 Å². The van der Waals surface area contributed by atoms with Crippen LogP contribution in [0.2, 0.25) is 0 Å². The summed E-state index contributed by atoms with van der Waals surface area (Å²) in [5, 5.41) is 22.8. The van der Waals surface area contributed by atoms with Gasteiger partial charge in [-0.2, -0.15) is 5.26 Å². The van der Waals surface area contributed by atoms with Gasteiger partial charge in [-0.25, -0.2) is 0 Å². The van der Waals surface area contributed by atoms with E-state index in [2.05, 4.69) is 5.32 Å². The monoisotopic (exact) mass is 246 g/mol. The van der Waals surface area contributed by atoms with Crippen LogP contribution in [0.25, 0.3) is 0 Å². The molecule has 1 saturated carbocycles. The van der Waals surface area contributed by atoms with Crippen molar-refractivity contribution in [1.29, 1.82) is 5.26 Å². The maximum atomic E-state index is 11.0. The molecule has 1 atom stereocenters. The number of nitriles is 1. The second-order valence-electron chi connectivity index (χ2n) is 4.45. The number of benzene rings is 1. The fraction of sp³-hybridized carbons (Fsp3) is 0.417. The van der Waals surface area contributed by atoms with E-state index in [-0.39, 0.29) is 17.3 Å². The average Bonchev–Trinajstić information content (AvgIpc) is 3.19. The molecule has 94 valence electrons. The fourth-order valence-corrected chi connectivity index (χ4v) is 1.89. The Morgan fingerprint density at radius 2 is 2.33 bits per heavy atom. The predicted octanol–water partition coefficient (Wildman–Crippen LogP) is 1.62. The smallest absolute Gasteiger partial charge is 0.309 e. The van der Waals surface area contributed by atoms with Crippen LogP contribution in [0, 0.1) is 27.4 Å². The highest BCUT2D eigenvalue weighted by Gasteiger charge is 2.29. The van der Waals surface area contributed by atoms with Gasteiger partial charge in [-0.1, -0.05) is 6.07 Å². The van der Waals surface area contributed by atoms with Crippen LogP contribution in [0.3, 0.4) is 0 Å². The van der Waals surface area contributed by atoms with Crippen LogP contribution >= 0.6 is 0 Å². The molecule has 6 nitrogen and oxygen atoms in total. The van der Waals surface area contributed by atoms with E-state index in [1.165, 1.54) is 6.07 Å². The van der Waals surface area contributed by atoms with Crippen molar-refractivity contribution in [2.45, 2.75) is 18.9 Å². The van der Waals surface area contributed by atoms with Crippen molar-refractivity contribution in [3.63, 3.8) is 0 Å². The van der Waals surface area contributed by atoms with Crippen molar-refractivity contribution in [3.8, 4) is 6.07 Å². The molecule has 2 rings (SSSR count). The molecule has 1 aromatic carbocycles. The molecule has 0 spiro atoms. The van der Waals surface area contributed by atoms with Crippen LogP contribution in [-0.2, 0) is 0 Å². The van der Waals surface area contributed by atoms with Crippen molar-refractivity contribution < 1.29 is 4.92 Å². The summed E-state index contributed by atoms with van der Waals surface area (Å²) in [7, 11) is 0. The molecule has 1 aliphatic rings. The molecule has 1 unspecified atom stereocenters. The summed E-state index contributed by atoms with van der Waals surface area (Å²) in [6, 6.07) is 6.49. The first-order valence-electron chi connectivity index (χ1n) is 5.80. The van der Waals surface area contributed by atoms with Crippen molar-refractivity contribution in [2.24, 2.45) is 11.7 Å². The molecule has 0 saturated heterocycles. The Bertz CT molecular complexity index is 505. The zero-order valence-corrected chi connectivity index (χ0v) is 9.80. The molecule has 3 N–H and O–H groups in total. The number of nitro benzene ring substituents is 1. The van der Waals surface area contributed by atoms with E-state index in [1.807, 2.05) is 6.07 Å². The molecule has 0 amide bonds. The zero-order valence-electron chi connectivity index (χ0n) is 9.80. The summed E-state index contributed by atoms with van der Waals surface area (Å²) in [5.74, 6) is 0.524. The molecule has 0 aromatic heterocycles. The van der Waals surface area contributed by atoms with Crippen LogP contribution in [0.4, 0.5) is 11.4 Å². The van der Waals surface area contributed by atoms with E-state index in [4.69, 9.17) is 11.0 Å². The van der Waals surface area contributed by atoms with Crippen LogP contribution in [0.5, 0.6) is 0 Å². The minimum absolute atomic E-state index is 0.00958.